The fourth-order valence-corrected chi connectivity index (χ4v) is 2.96. The monoisotopic (exact) mass is 341 g/mol. The summed E-state index contributed by atoms with van der Waals surface area (Å²) >= 11 is 0. The van der Waals surface area contributed by atoms with Gasteiger partial charge in [0.05, 0.1) is 7.11 Å². The smallest absolute Gasteiger partial charge is 0.119 e. The molecule has 0 N–H and O–H groups in total. The Morgan fingerprint density at radius 3 is 2.04 bits per heavy atom. The molecule has 0 unspecified atom stereocenters. The van der Waals surface area contributed by atoms with Gasteiger partial charge in [-0.2, -0.15) is 0 Å². The van der Waals surface area contributed by atoms with E-state index in [9.17, 15) is 0 Å². The molecule has 2 aromatic rings. The zero-order valence-electron chi connectivity index (χ0n) is 16.0. The van der Waals surface area contributed by atoms with E-state index in [-0.39, 0.29) is 0 Å². The Hall–Kier alpha value is -2.00. The van der Waals surface area contributed by atoms with E-state index in [1.165, 1.54) is 11.1 Å². The van der Waals surface area contributed by atoms with E-state index < -0.39 is 0 Å². The SMILES string of the molecule is CCN(CC)CCOc1ccc(C[C@@H](C)c2ccc(OC)cc2)cc1. The van der Waals surface area contributed by atoms with Crippen molar-refractivity contribution in [3.63, 3.8) is 0 Å². The van der Waals surface area contributed by atoms with Crippen molar-refractivity contribution in [2.24, 2.45) is 0 Å². The van der Waals surface area contributed by atoms with Gasteiger partial charge in [-0.05, 0) is 60.8 Å². The van der Waals surface area contributed by atoms with Gasteiger partial charge in [-0.25, -0.2) is 0 Å². The minimum atomic E-state index is 0.473. The van der Waals surface area contributed by atoms with Gasteiger partial charge in [-0.3, -0.25) is 0 Å². The van der Waals surface area contributed by atoms with Crippen LogP contribution in [0.5, 0.6) is 11.5 Å². The summed E-state index contributed by atoms with van der Waals surface area (Å²) in [4.78, 5) is 2.37. The summed E-state index contributed by atoms with van der Waals surface area (Å²) in [5, 5.41) is 0. The van der Waals surface area contributed by atoms with Crippen LogP contribution in [0, 0.1) is 0 Å². The van der Waals surface area contributed by atoms with Gasteiger partial charge in [0, 0.05) is 6.54 Å². The number of benzene rings is 2. The van der Waals surface area contributed by atoms with Gasteiger partial charge in [0.15, 0.2) is 0 Å². The third-order valence-electron chi connectivity index (χ3n) is 4.72. The summed E-state index contributed by atoms with van der Waals surface area (Å²) in [6.07, 6.45) is 1.02. The molecule has 0 spiro atoms. The first-order valence-corrected chi connectivity index (χ1v) is 9.24. The molecule has 0 radical (unpaired) electrons. The molecule has 0 heterocycles. The molecule has 0 fully saturated rings. The predicted molar refractivity (Wildman–Crippen MR) is 105 cm³/mol. The second-order valence-electron chi connectivity index (χ2n) is 6.40. The number of ether oxygens (including phenoxy) is 2. The van der Waals surface area contributed by atoms with Crippen molar-refractivity contribution in [2.45, 2.75) is 33.1 Å². The second kappa shape index (κ2) is 10.1. The van der Waals surface area contributed by atoms with Gasteiger partial charge in [-0.15, -0.1) is 0 Å². The van der Waals surface area contributed by atoms with Gasteiger partial charge in [0.2, 0.25) is 0 Å². The van der Waals surface area contributed by atoms with Gasteiger partial charge in [0.25, 0.3) is 0 Å². The molecular formula is C22H31NO2. The highest BCUT2D eigenvalue weighted by Crippen LogP contribution is 2.23. The molecule has 3 heteroatoms. The highest BCUT2D eigenvalue weighted by molar-refractivity contribution is 5.32. The predicted octanol–water partition coefficient (Wildman–Crippen LogP) is 4.76. The Morgan fingerprint density at radius 1 is 0.880 bits per heavy atom. The Balaban J connectivity index is 1.84. The summed E-state index contributed by atoms with van der Waals surface area (Å²) in [6.45, 7) is 10.5. The Bertz CT molecular complexity index is 603. The minimum Gasteiger partial charge on any atom is -0.497 e. The van der Waals surface area contributed by atoms with E-state index in [1.807, 2.05) is 12.1 Å². The second-order valence-corrected chi connectivity index (χ2v) is 6.40. The molecule has 0 bridgehead atoms. The minimum absolute atomic E-state index is 0.473. The first-order chi connectivity index (χ1) is 12.2. The molecule has 25 heavy (non-hydrogen) atoms. The van der Waals surface area contributed by atoms with Crippen LogP contribution in [0.4, 0.5) is 0 Å². The zero-order valence-corrected chi connectivity index (χ0v) is 16.0. The Labute approximate surface area is 152 Å². The number of hydrogen-bond donors (Lipinski definition) is 0. The van der Waals surface area contributed by atoms with Crippen LogP contribution in [0.25, 0.3) is 0 Å². The first kappa shape index (κ1) is 19.3. The van der Waals surface area contributed by atoms with Crippen molar-refractivity contribution < 1.29 is 9.47 Å². The number of methoxy groups -OCH3 is 1. The van der Waals surface area contributed by atoms with E-state index >= 15 is 0 Å². The third kappa shape index (κ3) is 6.09. The van der Waals surface area contributed by atoms with Crippen molar-refractivity contribution in [2.75, 3.05) is 33.4 Å². The summed E-state index contributed by atoms with van der Waals surface area (Å²) < 4.78 is 11.1. The maximum atomic E-state index is 5.85. The zero-order chi connectivity index (χ0) is 18.1. The van der Waals surface area contributed by atoms with Crippen LogP contribution in [0.3, 0.4) is 0 Å². The number of likely N-dealkylation sites (N-methyl/N-ethyl adjacent to an activating group) is 1. The largest absolute Gasteiger partial charge is 0.497 e. The average Bonchev–Trinajstić information content (AvgIpc) is 2.66. The van der Waals surface area contributed by atoms with Gasteiger partial charge < -0.3 is 14.4 Å². The molecule has 3 nitrogen and oxygen atoms in total. The van der Waals surface area contributed by atoms with E-state index in [0.717, 1.165) is 44.2 Å². The Morgan fingerprint density at radius 2 is 1.48 bits per heavy atom. The van der Waals surface area contributed by atoms with Crippen LogP contribution in [-0.4, -0.2) is 38.3 Å². The quantitative estimate of drug-likeness (QED) is 0.622. The van der Waals surface area contributed by atoms with Gasteiger partial charge in [0.1, 0.15) is 18.1 Å². The van der Waals surface area contributed by atoms with Crippen molar-refractivity contribution in [1.82, 2.24) is 4.90 Å². The lowest BCUT2D eigenvalue weighted by molar-refractivity contribution is 0.223. The highest BCUT2D eigenvalue weighted by atomic mass is 16.5. The van der Waals surface area contributed by atoms with Crippen LogP contribution in [0.1, 0.15) is 37.8 Å². The first-order valence-electron chi connectivity index (χ1n) is 9.24. The molecule has 2 aromatic carbocycles. The lowest BCUT2D eigenvalue weighted by Gasteiger charge is -2.18. The van der Waals surface area contributed by atoms with Crippen LogP contribution >= 0.6 is 0 Å². The van der Waals surface area contributed by atoms with Crippen molar-refractivity contribution in [1.29, 1.82) is 0 Å². The topological polar surface area (TPSA) is 21.7 Å². The standard InChI is InChI=1S/C22H31NO2/c1-5-23(6-2)15-16-25-22-11-7-19(8-12-22)17-18(3)20-9-13-21(24-4)14-10-20/h7-14,18H,5-6,15-17H2,1-4H3/t18-/m1/s1. The van der Waals surface area contributed by atoms with Crippen molar-refractivity contribution in [3.05, 3.63) is 59.7 Å². The Kier molecular flexibility index (Phi) is 7.80. The fourth-order valence-electron chi connectivity index (χ4n) is 2.96. The molecule has 1 atom stereocenters. The fraction of sp³-hybridized carbons (Fsp3) is 0.455. The highest BCUT2D eigenvalue weighted by Gasteiger charge is 2.07. The number of hydrogen-bond acceptors (Lipinski definition) is 3. The number of rotatable bonds is 10. The molecule has 0 saturated carbocycles. The van der Waals surface area contributed by atoms with Crippen LogP contribution in [0.2, 0.25) is 0 Å². The van der Waals surface area contributed by atoms with E-state index in [1.54, 1.807) is 7.11 Å². The maximum Gasteiger partial charge on any atom is 0.119 e. The molecule has 0 amide bonds. The average molecular weight is 341 g/mol. The number of nitrogens with zero attached hydrogens (tertiary/aromatic N) is 1. The van der Waals surface area contributed by atoms with Gasteiger partial charge in [-0.1, -0.05) is 45.0 Å². The molecule has 0 aliphatic carbocycles. The van der Waals surface area contributed by atoms with Gasteiger partial charge >= 0.3 is 0 Å². The maximum absolute atomic E-state index is 5.85. The lowest BCUT2D eigenvalue weighted by Crippen LogP contribution is -2.27. The van der Waals surface area contributed by atoms with Crippen molar-refractivity contribution >= 4 is 0 Å². The van der Waals surface area contributed by atoms with Crippen LogP contribution in [0.15, 0.2) is 48.5 Å². The molecule has 0 saturated heterocycles. The molecule has 0 aromatic heterocycles. The van der Waals surface area contributed by atoms with Crippen LogP contribution < -0.4 is 9.47 Å². The van der Waals surface area contributed by atoms with E-state index in [0.29, 0.717) is 5.92 Å². The van der Waals surface area contributed by atoms with E-state index in [2.05, 4.69) is 62.1 Å². The molecule has 0 aliphatic heterocycles. The molecule has 136 valence electrons. The molecule has 2 rings (SSSR count). The third-order valence-corrected chi connectivity index (χ3v) is 4.72. The molecular weight excluding hydrogens is 310 g/mol. The summed E-state index contributed by atoms with van der Waals surface area (Å²) in [5.41, 5.74) is 2.67. The summed E-state index contributed by atoms with van der Waals surface area (Å²) in [5.74, 6) is 2.33. The molecule has 0 aliphatic rings. The van der Waals surface area contributed by atoms with Crippen molar-refractivity contribution in [3.8, 4) is 11.5 Å². The summed E-state index contributed by atoms with van der Waals surface area (Å²) in [7, 11) is 1.70. The normalized spacial score (nSPS) is 12.2. The summed E-state index contributed by atoms with van der Waals surface area (Å²) in [6, 6.07) is 16.9. The lowest BCUT2D eigenvalue weighted by atomic mass is 9.94. The van der Waals surface area contributed by atoms with E-state index in [4.69, 9.17) is 9.47 Å². The van der Waals surface area contributed by atoms with Crippen LogP contribution in [-0.2, 0) is 6.42 Å².